The topological polar surface area (TPSA) is 81.5 Å². The Balaban J connectivity index is 2.44. The van der Waals surface area contributed by atoms with Gasteiger partial charge in [0.15, 0.2) is 5.15 Å². The van der Waals surface area contributed by atoms with Crippen molar-refractivity contribution in [3.63, 3.8) is 0 Å². The Labute approximate surface area is 145 Å². The summed E-state index contributed by atoms with van der Waals surface area (Å²) in [5, 5.41) is 16.4. The summed E-state index contributed by atoms with van der Waals surface area (Å²) in [5.74, 6) is -2.08. The number of methoxy groups -OCH3 is 1. The fourth-order valence-corrected chi connectivity index (χ4v) is 2.23. The van der Waals surface area contributed by atoms with Gasteiger partial charge in [-0.25, -0.2) is 4.79 Å². The lowest BCUT2D eigenvalue weighted by Gasteiger charge is -2.13. The van der Waals surface area contributed by atoms with Crippen molar-refractivity contribution in [2.75, 3.05) is 13.7 Å². The summed E-state index contributed by atoms with van der Waals surface area (Å²) >= 11 is 5.87. The summed E-state index contributed by atoms with van der Waals surface area (Å²) in [5.41, 5.74) is -1.20. The Kier molecular flexibility index (Phi) is 5.81. The van der Waals surface area contributed by atoms with Gasteiger partial charge in [0.1, 0.15) is 11.3 Å². The number of carbonyl (C=O) groups is 1. The highest BCUT2D eigenvalue weighted by Gasteiger charge is 2.31. The van der Waals surface area contributed by atoms with Crippen LogP contribution < -0.4 is 4.74 Å². The molecule has 0 aliphatic rings. The Morgan fingerprint density at radius 3 is 2.64 bits per heavy atom. The number of hydrogen-bond acceptors (Lipinski definition) is 5. The van der Waals surface area contributed by atoms with Crippen molar-refractivity contribution in [3.8, 4) is 11.6 Å². The highest BCUT2D eigenvalue weighted by molar-refractivity contribution is 6.30. The van der Waals surface area contributed by atoms with Crippen molar-refractivity contribution in [1.82, 2.24) is 10.2 Å². The van der Waals surface area contributed by atoms with Crippen LogP contribution in [0.25, 0.3) is 0 Å². The number of hydrogen-bond donors (Lipinski definition) is 1. The van der Waals surface area contributed by atoms with E-state index >= 15 is 0 Å². The first-order chi connectivity index (χ1) is 11.7. The molecule has 2 rings (SSSR count). The predicted molar refractivity (Wildman–Crippen MR) is 81.1 cm³/mol. The fourth-order valence-electron chi connectivity index (χ4n) is 2.00. The number of ether oxygens (including phenoxy) is 2. The molecule has 0 amide bonds. The maximum absolute atomic E-state index is 12.8. The highest BCUT2D eigenvalue weighted by atomic mass is 35.5. The van der Waals surface area contributed by atoms with Crippen molar-refractivity contribution >= 4 is 17.6 Å². The van der Waals surface area contributed by atoms with Crippen LogP contribution in [0, 0.1) is 0 Å². The second-order valence-corrected chi connectivity index (χ2v) is 5.18. The molecule has 0 saturated heterocycles. The van der Waals surface area contributed by atoms with Crippen LogP contribution in [0.3, 0.4) is 0 Å². The number of carboxylic acid groups (broad SMARTS) is 1. The van der Waals surface area contributed by atoms with Crippen LogP contribution in [0.2, 0.25) is 5.15 Å². The van der Waals surface area contributed by atoms with E-state index in [1.54, 1.807) is 0 Å². The van der Waals surface area contributed by atoms with Gasteiger partial charge in [-0.3, -0.25) is 0 Å². The van der Waals surface area contributed by atoms with Gasteiger partial charge in [-0.2, -0.15) is 13.2 Å². The third kappa shape index (κ3) is 4.58. The van der Waals surface area contributed by atoms with Crippen molar-refractivity contribution in [3.05, 3.63) is 46.1 Å². The van der Waals surface area contributed by atoms with Crippen molar-refractivity contribution < 1.29 is 32.5 Å². The lowest BCUT2D eigenvalue weighted by molar-refractivity contribution is -0.137. The van der Waals surface area contributed by atoms with Gasteiger partial charge in [0.05, 0.1) is 12.2 Å². The normalized spacial score (nSPS) is 11.4. The van der Waals surface area contributed by atoms with Gasteiger partial charge in [0.2, 0.25) is 0 Å². The minimum atomic E-state index is -4.57. The van der Waals surface area contributed by atoms with Gasteiger partial charge in [0, 0.05) is 12.7 Å². The monoisotopic (exact) mass is 376 g/mol. The van der Waals surface area contributed by atoms with Crippen LogP contribution >= 0.6 is 11.6 Å². The molecular weight excluding hydrogens is 365 g/mol. The third-order valence-corrected chi connectivity index (χ3v) is 3.44. The van der Waals surface area contributed by atoms with Crippen LogP contribution in [-0.4, -0.2) is 35.0 Å². The molecule has 25 heavy (non-hydrogen) atoms. The SMILES string of the molecule is COCCc1c(Cl)nnc(Oc2cccc(C(F)(F)F)c2)c1C(=O)O. The Morgan fingerprint density at radius 1 is 1.32 bits per heavy atom. The van der Waals surface area contributed by atoms with Crippen molar-refractivity contribution in [1.29, 1.82) is 0 Å². The average molecular weight is 377 g/mol. The largest absolute Gasteiger partial charge is 0.477 e. The summed E-state index contributed by atoms with van der Waals surface area (Å²) in [6.07, 6.45) is -4.45. The smallest absolute Gasteiger partial charge is 0.416 e. The molecule has 1 aromatic carbocycles. The molecule has 0 spiro atoms. The minimum Gasteiger partial charge on any atom is -0.477 e. The second-order valence-electron chi connectivity index (χ2n) is 4.83. The van der Waals surface area contributed by atoms with Crippen LogP contribution in [0.4, 0.5) is 13.2 Å². The first-order valence-electron chi connectivity index (χ1n) is 6.86. The van der Waals surface area contributed by atoms with E-state index in [2.05, 4.69) is 10.2 Å². The van der Waals surface area contributed by atoms with E-state index in [0.717, 1.165) is 18.2 Å². The number of nitrogens with zero attached hydrogens (tertiary/aromatic N) is 2. The van der Waals surface area contributed by atoms with E-state index < -0.39 is 23.6 Å². The molecule has 0 aliphatic heterocycles. The molecule has 1 heterocycles. The third-order valence-electron chi connectivity index (χ3n) is 3.14. The van der Waals surface area contributed by atoms with E-state index in [-0.39, 0.29) is 35.1 Å². The van der Waals surface area contributed by atoms with Crippen LogP contribution in [0.15, 0.2) is 24.3 Å². The predicted octanol–water partition coefficient (Wildman–Crippen LogP) is 3.83. The molecule has 0 aliphatic carbocycles. The first kappa shape index (κ1) is 18.9. The number of rotatable bonds is 6. The molecule has 0 fully saturated rings. The Bertz CT molecular complexity index is 784. The van der Waals surface area contributed by atoms with E-state index in [1.165, 1.54) is 13.2 Å². The number of aromatic carboxylic acids is 1. The maximum Gasteiger partial charge on any atom is 0.416 e. The molecule has 0 bridgehead atoms. The molecule has 0 radical (unpaired) electrons. The standard InChI is InChI=1S/C15H12ClF3N2O4/c1-24-6-5-10-11(14(22)23)13(21-20-12(10)16)25-9-4-2-3-8(7-9)15(17,18)19/h2-4,7H,5-6H2,1H3,(H,22,23). The van der Waals surface area contributed by atoms with Gasteiger partial charge in [0.25, 0.3) is 5.88 Å². The molecule has 134 valence electrons. The maximum atomic E-state index is 12.8. The molecule has 0 saturated carbocycles. The molecule has 6 nitrogen and oxygen atoms in total. The minimum absolute atomic E-state index is 0.117. The lowest BCUT2D eigenvalue weighted by atomic mass is 10.1. The van der Waals surface area contributed by atoms with Crippen LogP contribution in [0.1, 0.15) is 21.5 Å². The highest BCUT2D eigenvalue weighted by Crippen LogP contribution is 2.34. The van der Waals surface area contributed by atoms with Crippen molar-refractivity contribution in [2.45, 2.75) is 12.6 Å². The number of halogens is 4. The second kappa shape index (κ2) is 7.66. The number of aromatic nitrogens is 2. The van der Waals surface area contributed by atoms with Crippen LogP contribution in [0.5, 0.6) is 11.6 Å². The molecular formula is C15H12ClF3N2O4. The molecule has 1 N–H and O–H groups in total. The number of alkyl halides is 3. The Hall–Kier alpha value is -2.39. The van der Waals surface area contributed by atoms with Crippen molar-refractivity contribution in [2.24, 2.45) is 0 Å². The van der Waals surface area contributed by atoms with Crippen LogP contribution in [-0.2, 0) is 17.3 Å². The quantitative estimate of drug-likeness (QED) is 0.825. The van der Waals surface area contributed by atoms with Gasteiger partial charge in [-0.15, -0.1) is 10.2 Å². The number of carboxylic acids is 1. The summed E-state index contributed by atoms with van der Waals surface area (Å²) < 4.78 is 48.4. The lowest BCUT2D eigenvalue weighted by Crippen LogP contribution is -2.11. The van der Waals surface area contributed by atoms with Gasteiger partial charge < -0.3 is 14.6 Å². The molecule has 2 aromatic rings. The fraction of sp³-hybridized carbons (Fsp3) is 0.267. The molecule has 0 unspecified atom stereocenters. The van der Waals surface area contributed by atoms with Gasteiger partial charge >= 0.3 is 12.1 Å². The van der Waals surface area contributed by atoms with E-state index in [0.29, 0.717) is 0 Å². The van der Waals surface area contributed by atoms with Gasteiger partial charge in [-0.05, 0) is 24.6 Å². The molecule has 10 heteroatoms. The zero-order valence-electron chi connectivity index (χ0n) is 12.8. The summed E-state index contributed by atoms with van der Waals surface area (Å²) in [6, 6.07) is 3.97. The Morgan fingerprint density at radius 2 is 2.04 bits per heavy atom. The van der Waals surface area contributed by atoms with E-state index in [4.69, 9.17) is 21.1 Å². The number of benzene rings is 1. The zero-order chi connectivity index (χ0) is 18.6. The van der Waals surface area contributed by atoms with E-state index in [9.17, 15) is 23.1 Å². The van der Waals surface area contributed by atoms with Gasteiger partial charge in [-0.1, -0.05) is 17.7 Å². The molecule has 1 aromatic heterocycles. The molecule has 0 atom stereocenters. The summed E-state index contributed by atoms with van der Waals surface area (Å²) in [4.78, 5) is 11.5. The summed E-state index contributed by atoms with van der Waals surface area (Å²) in [6.45, 7) is 0.161. The summed E-state index contributed by atoms with van der Waals surface area (Å²) in [7, 11) is 1.42. The van der Waals surface area contributed by atoms with E-state index in [1.807, 2.05) is 0 Å². The first-order valence-corrected chi connectivity index (χ1v) is 7.24. The zero-order valence-corrected chi connectivity index (χ0v) is 13.6. The average Bonchev–Trinajstić information content (AvgIpc) is 2.54.